The monoisotopic (exact) mass is 297 g/mol. The normalized spacial score (nSPS) is 32.1. The molecule has 2 fully saturated rings. The molecule has 3 nitrogen and oxygen atoms in total. The first-order valence-corrected chi connectivity index (χ1v) is 7.49. The number of carbonyl (C=O) groups excluding carboxylic acids is 2. The number of allylic oxidation sites excluding steroid dienone is 4. The standard InChI is InChI=1S/C18H16FNO2/c1-9(2)14-12-7-8-13(14)16-15(12)17(21)20(18(16)22)11-5-3-10(19)4-6-11/h3-8,12-13,15-16H,1-2H3/t12?,13?,15-,16?/m0/s1. The molecule has 22 heavy (non-hydrogen) atoms. The highest BCUT2D eigenvalue weighted by atomic mass is 19.1. The maximum atomic E-state index is 13.1. The first kappa shape index (κ1) is 13.4. The molecule has 1 saturated heterocycles. The zero-order valence-corrected chi connectivity index (χ0v) is 12.4. The Morgan fingerprint density at radius 2 is 1.45 bits per heavy atom. The molecule has 3 aliphatic rings. The van der Waals surface area contributed by atoms with E-state index in [2.05, 4.69) is 12.2 Å². The molecule has 1 heterocycles. The molecule has 4 heteroatoms. The number of rotatable bonds is 1. The van der Waals surface area contributed by atoms with Crippen LogP contribution in [-0.2, 0) is 9.59 Å². The van der Waals surface area contributed by atoms with Gasteiger partial charge in [-0.15, -0.1) is 0 Å². The van der Waals surface area contributed by atoms with Crippen molar-refractivity contribution in [3.05, 3.63) is 53.4 Å². The summed E-state index contributed by atoms with van der Waals surface area (Å²) in [7, 11) is 0. The number of amides is 2. The summed E-state index contributed by atoms with van der Waals surface area (Å²) in [6, 6.07) is 5.53. The number of benzene rings is 1. The molecule has 1 aromatic rings. The summed E-state index contributed by atoms with van der Waals surface area (Å²) in [6.45, 7) is 4.08. The lowest BCUT2D eigenvalue weighted by molar-refractivity contribution is -0.122. The van der Waals surface area contributed by atoms with Crippen molar-refractivity contribution in [1.29, 1.82) is 0 Å². The summed E-state index contributed by atoms with van der Waals surface area (Å²) in [5.41, 5.74) is 2.89. The zero-order chi connectivity index (χ0) is 15.6. The van der Waals surface area contributed by atoms with E-state index in [4.69, 9.17) is 0 Å². The van der Waals surface area contributed by atoms with E-state index >= 15 is 0 Å². The fourth-order valence-corrected chi connectivity index (χ4v) is 4.27. The van der Waals surface area contributed by atoms with Crippen molar-refractivity contribution < 1.29 is 14.0 Å². The molecule has 1 aromatic carbocycles. The Balaban J connectivity index is 1.76. The van der Waals surface area contributed by atoms with E-state index in [1.54, 1.807) is 0 Å². The second-order valence-corrected chi connectivity index (χ2v) is 6.43. The molecule has 3 unspecified atom stereocenters. The minimum absolute atomic E-state index is 0.0434. The fourth-order valence-electron chi connectivity index (χ4n) is 4.27. The second-order valence-electron chi connectivity index (χ2n) is 6.43. The predicted octanol–water partition coefficient (Wildman–Crippen LogP) is 3.08. The van der Waals surface area contributed by atoms with Gasteiger partial charge in [0.05, 0.1) is 17.5 Å². The number of halogens is 1. The smallest absolute Gasteiger partial charge is 0.238 e. The molecular weight excluding hydrogens is 281 g/mol. The van der Waals surface area contributed by atoms with Gasteiger partial charge in [0.15, 0.2) is 0 Å². The molecule has 1 aliphatic heterocycles. The number of hydrogen-bond donors (Lipinski definition) is 0. The average Bonchev–Trinajstić information content (AvgIpc) is 3.11. The molecule has 4 rings (SSSR count). The molecule has 4 atom stereocenters. The Morgan fingerprint density at radius 3 is 1.91 bits per heavy atom. The lowest BCUT2D eigenvalue weighted by Crippen LogP contribution is -2.33. The molecule has 0 spiro atoms. The number of imide groups is 1. The molecule has 112 valence electrons. The van der Waals surface area contributed by atoms with E-state index in [0.717, 1.165) is 0 Å². The van der Waals surface area contributed by atoms with Crippen LogP contribution in [0.15, 0.2) is 47.6 Å². The van der Waals surface area contributed by atoms with E-state index in [-0.39, 0.29) is 41.3 Å². The van der Waals surface area contributed by atoms with Gasteiger partial charge in [-0.25, -0.2) is 9.29 Å². The minimum atomic E-state index is -0.378. The summed E-state index contributed by atoms with van der Waals surface area (Å²) in [4.78, 5) is 26.8. The molecule has 0 radical (unpaired) electrons. The topological polar surface area (TPSA) is 37.4 Å². The number of nitrogens with zero attached hydrogens (tertiary/aromatic N) is 1. The van der Waals surface area contributed by atoms with Gasteiger partial charge in [0.1, 0.15) is 5.82 Å². The van der Waals surface area contributed by atoms with Gasteiger partial charge in [0, 0.05) is 11.8 Å². The lowest BCUT2D eigenvalue weighted by Gasteiger charge is -2.19. The molecule has 0 N–H and O–H groups in total. The van der Waals surface area contributed by atoms with Crippen LogP contribution >= 0.6 is 0 Å². The van der Waals surface area contributed by atoms with Gasteiger partial charge in [-0.3, -0.25) is 9.59 Å². The maximum Gasteiger partial charge on any atom is 0.238 e. The highest BCUT2D eigenvalue weighted by Crippen LogP contribution is 2.57. The van der Waals surface area contributed by atoms with Crippen molar-refractivity contribution in [2.45, 2.75) is 13.8 Å². The highest BCUT2D eigenvalue weighted by molar-refractivity contribution is 6.23. The van der Waals surface area contributed by atoms with Gasteiger partial charge in [0.2, 0.25) is 11.8 Å². The zero-order valence-electron chi connectivity index (χ0n) is 12.4. The van der Waals surface area contributed by atoms with E-state index in [1.807, 2.05) is 13.8 Å². The van der Waals surface area contributed by atoms with Crippen molar-refractivity contribution >= 4 is 17.5 Å². The maximum absolute atomic E-state index is 13.1. The van der Waals surface area contributed by atoms with Gasteiger partial charge >= 0.3 is 0 Å². The summed E-state index contributed by atoms with van der Waals surface area (Å²) in [6.07, 6.45) is 4.13. The third-order valence-corrected chi connectivity index (χ3v) is 5.08. The van der Waals surface area contributed by atoms with E-state index < -0.39 is 0 Å². The van der Waals surface area contributed by atoms with Gasteiger partial charge in [0.25, 0.3) is 0 Å². The van der Waals surface area contributed by atoms with Crippen LogP contribution in [0.3, 0.4) is 0 Å². The molecule has 2 bridgehead atoms. The number of anilines is 1. The predicted molar refractivity (Wildman–Crippen MR) is 80.4 cm³/mol. The van der Waals surface area contributed by atoms with Crippen LogP contribution < -0.4 is 4.90 Å². The van der Waals surface area contributed by atoms with Crippen LogP contribution in [0.5, 0.6) is 0 Å². The van der Waals surface area contributed by atoms with E-state index in [0.29, 0.717) is 5.69 Å². The molecular formula is C18H16FNO2. The van der Waals surface area contributed by atoms with Gasteiger partial charge in [-0.05, 0) is 38.1 Å². The first-order valence-electron chi connectivity index (χ1n) is 7.49. The fraction of sp³-hybridized carbons (Fsp3) is 0.333. The number of hydrogen-bond acceptors (Lipinski definition) is 2. The summed E-state index contributed by atoms with van der Waals surface area (Å²) < 4.78 is 13.1. The largest absolute Gasteiger partial charge is 0.274 e. The Morgan fingerprint density at radius 1 is 0.955 bits per heavy atom. The van der Waals surface area contributed by atoms with Crippen LogP contribution in [0.2, 0.25) is 0 Å². The van der Waals surface area contributed by atoms with Crippen molar-refractivity contribution in [3.63, 3.8) is 0 Å². The molecule has 0 aromatic heterocycles. The van der Waals surface area contributed by atoms with E-state index in [1.165, 1.54) is 40.3 Å². The van der Waals surface area contributed by atoms with Crippen molar-refractivity contribution in [3.8, 4) is 0 Å². The van der Waals surface area contributed by atoms with Crippen molar-refractivity contribution in [2.24, 2.45) is 23.7 Å². The van der Waals surface area contributed by atoms with Crippen molar-refractivity contribution in [1.82, 2.24) is 0 Å². The van der Waals surface area contributed by atoms with Crippen LogP contribution in [0.25, 0.3) is 0 Å². The Bertz CT molecular complexity index is 709. The summed E-state index contributed by atoms with van der Waals surface area (Å²) >= 11 is 0. The molecule has 1 saturated carbocycles. The van der Waals surface area contributed by atoms with Gasteiger partial charge in [-0.2, -0.15) is 0 Å². The number of carbonyl (C=O) groups is 2. The third kappa shape index (κ3) is 1.55. The average molecular weight is 297 g/mol. The molecule has 2 amide bonds. The third-order valence-electron chi connectivity index (χ3n) is 5.08. The molecule has 2 aliphatic carbocycles. The van der Waals surface area contributed by atoms with Gasteiger partial charge in [-0.1, -0.05) is 23.3 Å². The van der Waals surface area contributed by atoms with Crippen LogP contribution in [0, 0.1) is 29.5 Å². The van der Waals surface area contributed by atoms with Crippen LogP contribution in [-0.4, -0.2) is 11.8 Å². The lowest BCUT2D eigenvalue weighted by atomic mass is 9.85. The minimum Gasteiger partial charge on any atom is -0.274 e. The van der Waals surface area contributed by atoms with Gasteiger partial charge < -0.3 is 0 Å². The second kappa shape index (κ2) is 4.38. The SMILES string of the molecule is CC(C)=C1C2C=CC1[C@@H]1C(=O)N(c3ccc(F)cc3)C(=O)C21. The first-order chi connectivity index (χ1) is 10.5. The summed E-state index contributed by atoms with van der Waals surface area (Å²) in [5, 5.41) is 0. The van der Waals surface area contributed by atoms with Crippen LogP contribution in [0.1, 0.15) is 13.8 Å². The number of fused-ring (bicyclic) bond motifs is 5. The Hall–Kier alpha value is -2.23. The highest BCUT2D eigenvalue weighted by Gasteiger charge is 2.61. The van der Waals surface area contributed by atoms with Crippen LogP contribution in [0.4, 0.5) is 10.1 Å². The van der Waals surface area contributed by atoms with Crippen molar-refractivity contribution in [2.75, 3.05) is 4.90 Å². The van der Waals surface area contributed by atoms with E-state index in [9.17, 15) is 14.0 Å². The Labute approximate surface area is 128 Å². The summed E-state index contributed by atoms with van der Waals surface area (Å²) in [5.74, 6) is -1.19. The quantitative estimate of drug-likeness (QED) is 0.590. The Kier molecular flexibility index (Phi) is 2.68.